The van der Waals surface area contributed by atoms with Gasteiger partial charge in [-0.05, 0) is 62.0 Å². The van der Waals surface area contributed by atoms with Gasteiger partial charge in [0.2, 0.25) is 5.91 Å². The smallest absolute Gasteiger partial charge is 0.273 e. The third-order valence-corrected chi connectivity index (χ3v) is 7.48. The molecule has 2 heterocycles. The van der Waals surface area contributed by atoms with Gasteiger partial charge >= 0.3 is 0 Å². The molecule has 2 aromatic carbocycles. The van der Waals surface area contributed by atoms with Gasteiger partial charge in [0.25, 0.3) is 5.56 Å². The molecule has 6 nitrogen and oxygen atoms in total. The fraction of sp³-hybridized carbons (Fsp3) is 0.182. The van der Waals surface area contributed by atoms with Crippen molar-refractivity contribution in [1.29, 1.82) is 0 Å². The number of carbonyl (C=O) groups excluding carboxylic acids is 1. The summed E-state index contributed by atoms with van der Waals surface area (Å²) in [6.45, 7) is 3.96. The Labute approximate surface area is 202 Å². The summed E-state index contributed by atoms with van der Waals surface area (Å²) in [5, 5.41) is 3.96. The van der Waals surface area contributed by atoms with Gasteiger partial charge in [0, 0.05) is 23.4 Å². The van der Waals surface area contributed by atoms with Crippen molar-refractivity contribution in [2.24, 2.45) is 7.05 Å². The predicted molar refractivity (Wildman–Crippen MR) is 135 cm³/mol. The summed E-state index contributed by atoms with van der Waals surface area (Å²) in [4.78, 5) is 30.2. The van der Waals surface area contributed by atoms with Crippen molar-refractivity contribution in [2.75, 3.05) is 11.1 Å². The lowest BCUT2D eigenvalue weighted by Gasteiger charge is -2.11. The van der Waals surface area contributed by atoms with E-state index in [0.717, 1.165) is 22.5 Å². The molecule has 2 aromatic heterocycles. The highest BCUT2D eigenvalue weighted by Gasteiger charge is 2.17. The lowest BCUT2D eigenvalue weighted by atomic mass is 10.1. The monoisotopic (exact) mass is 502 g/mol. The van der Waals surface area contributed by atoms with Crippen molar-refractivity contribution in [3.05, 3.63) is 72.9 Å². The molecule has 0 saturated heterocycles. The second-order valence-corrected chi connectivity index (χ2v) is 10.3. The second kappa shape index (κ2) is 9.19. The first-order valence-corrected chi connectivity index (χ1v) is 12.2. The van der Waals surface area contributed by atoms with Gasteiger partial charge in [-0.15, -0.1) is 0 Å². The Balaban J connectivity index is 1.64. The van der Waals surface area contributed by atoms with Crippen LogP contribution in [0.5, 0.6) is 0 Å². The lowest BCUT2D eigenvalue weighted by Crippen LogP contribution is -2.21. The molecule has 164 valence electrons. The summed E-state index contributed by atoms with van der Waals surface area (Å²) in [6, 6.07) is 13.0. The topological polar surface area (TPSA) is 68.9 Å². The van der Waals surface area contributed by atoms with Gasteiger partial charge in [-0.2, -0.15) is 0 Å². The highest BCUT2D eigenvalue weighted by molar-refractivity contribution is 7.99. The molecule has 32 heavy (non-hydrogen) atoms. The van der Waals surface area contributed by atoms with E-state index < -0.39 is 0 Å². The van der Waals surface area contributed by atoms with Gasteiger partial charge < -0.3 is 5.32 Å². The van der Waals surface area contributed by atoms with E-state index >= 15 is 0 Å². The van der Waals surface area contributed by atoms with E-state index in [9.17, 15) is 9.59 Å². The molecule has 0 atom stereocenters. The van der Waals surface area contributed by atoms with E-state index in [1.54, 1.807) is 23.7 Å². The van der Waals surface area contributed by atoms with E-state index in [-0.39, 0.29) is 17.2 Å². The van der Waals surface area contributed by atoms with Crippen molar-refractivity contribution < 1.29 is 4.79 Å². The number of aromatic nitrogens is 3. The number of nitrogens with zero attached hydrogens (tertiary/aromatic N) is 3. The minimum Gasteiger partial charge on any atom is -0.325 e. The van der Waals surface area contributed by atoms with Crippen molar-refractivity contribution >= 4 is 68.9 Å². The highest BCUT2D eigenvalue weighted by atomic mass is 35.5. The number of rotatable bonds is 5. The SMILES string of the molecule is Cc1ccc(NC(=O)CSc2nc3c(sc(=S)n3-c3ccc(Cl)cc3)c(=O)n2C)c(C)c1. The number of benzene rings is 2. The Bertz CT molecular complexity index is 1460. The molecule has 0 aliphatic heterocycles. The Morgan fingerprint density at radius 2 is 1.94 bits per heavy atom. The fourth-order valence-corrected chi connectivity index (χ4v) is 5.47. The molecule has 0 fully saturated rings. The van der Waals surface area contributed by atoms with E-state index in [1.807, 2.05) is 44.2 Å². The number of carbonyl (C=O) groups is 1. The van der Waals surface area contributed by atoms with Crippen LogP contribution in [0, 0.1) is 17.8 Å². The zero-order valence-corrected chi connectivity index (χ0v) is 20.7. The average Bonchev–Trinajstić information content (AvgIpc) is 3.08. The maximum absolute atomic E-state index is 13.0. The molecule has 0 unspecified atom stereocenters. The van der Waals surface area contributed by atoms with Gasteiger partial charge in [0.15, 0.2) is 14.8 Å². The zero-order valence-electron chi connectivity index (χ0n) is 17.5. The molecular formula is C22H19ClN4O2S3. The van der Waals surface area contributed by atoms with Crippen molar-refractivity contribution in [3.63, 3.8) is 0 Å². The Morgan fingerprint density at radius 3 is 2.62 bits per heavy atom. The molecule has 0 saturated carbocycles. The van der Waals surface area contributed by atoms with Crippen LogP contribution in [0.1, 0.15) is 11.1 Å². The largest absolute Gasteiger partial charge is 0.325 e. The standard InChI is InChI=1S/C22H19ClN4O2S3/c1-12-4-9-16(13(2)10-12)24-17(28)11-31-21-25-19-18(20(29)26(21)3)32-22(30)27(19)15-7-5-14(23)6-8-15/h4-10H,11H2,1-3H3,(H,24,28). The number of anilines is 1. The van der Waals surface area contributed by atoms with Crippen LogP contribution in [0.3, 0.4) is 0 Å². The summed E-state index contributed by atoms with van der Waals surface area (Å²) >= 11 is 13.9. The van der Waals surface area contributed by atoms with Gasteiger partial charge in [0.1, 0.15) is 4.70 Å². The predicted octanol–water partition coefficient (Wildman–Crippen LogP) is 5.52. The molecule has 10 heteroatoms. The van der Waals surface area contributed by atoms with Gasteiger partial charge in [-0.3, -0.25) is 18.7 Å². The van der Waals surface area contributed by atoms with Crippen LogP contribution in [-0.2, 0) is 11.8 Å². The van der Waals surface area contributed by atoms with Crippen molar-refractivity contribution in [3.8, 4) is 5.69 Å². The Kier molecular flexibility index (Phi) is 6.52. The lowest BCUT2D eigenvalue weighted by molar-refractivity contribution is -0.113. The molecule has 4 aromatic rings. The van der Waals surface area contributed by atoms with Crippen LogP contribution >= 0.6 is 46.9 Å². The molecule has 0 aliphatic carbocycles. The first-order valence-electron chi connectivity index (χ1n) is 9.63. The summed E-state index contributed by atoms with van der Waals surface area (Å²) in [6.07, 6.45) is 0. The maximum atomic E-state index is 13.0. The third-order valence-electron chi connectivity index (χ3n) is 4.85. The zero-order chi connectivity index (χ0) is 23.0. The number of halogens is 1. The molecule has 1 N–H and O–H groups in total. The number of fused-ring (bicyclic) bond motifs is 1. The Morgan fingerprint density at radius 1 is 1.22 bits per heavy atom. The van der Waals surface area contributed by atoms with E-state index in [2.05, 4.69) is 10.3 Å². The molecular weight excluding hydrogens is 484 g/mol. The summed E-state index contributed by atoms with van der Waals surface area (Å²) in [5.74, 6) is -0.0542. The van der Waals surface area contributed by atoms with Crippen LogP contribution in [0.15, 0.2) is 52.4 Å². The summed E-state index contributed by atoms with van der Waals surface area (Å²) in [7, 11) is 1.65. The van der Waals surface area contributed by atoms with Gasteiger partial charge in [0.05, 0.1) is 5.75 Å². The van der Waals surface area contributed by atoms with Crippen LogP contribution in [0.25, 0.3) is 16.0 Å². The Hall–Kier alpha value is -2.46. The number of thioether (sulfide) groups is 1. The van der Waals surface area contributed by atoms with Crippen LogP contribution in [0.2, 0.25) is 5.02 Å². The van der Waals surface area contributed by atoms with Crippen LogP contribution in [-0.4, -0.2) is 25.8 Å². The first kappa shape index (κ1) is 22.7. The van der Waals surface area contributed by atoms with Crippen molar-refractivity contribution in [1.82, 2.24) is 14.1 Å². The first-order chi connectivity index (χ1) is 15.2. The maximum Gasteiger partial charge on any atom is 0.273 e. The normalized spacial score (nSPS) is 11.1. The summed E-state index contributed by atoms with van der Waals surface area (Å²) in [5.41, 5.74) is 3.95. The quantitative estimate of drug-likeness (QED) is 0.221. The number of nitrogens with one attached hydrogen (secondary N) is 1. The molecule has 0 radical (unpaired) electrons. The molecule has 0 aliphatic rings. The van der Waals surface area contributed by atoms with E-state index in [1.165, 1.54) is 27.7 Å². The number of thiazole rings is 1. The minimum absolute atomic E-state index is 0.116. The minimum atomic E-state index is -0.198. The molecule has 0 bridgehead atoms. The number of aryl methyl sites for hydroxylation is 2. The van der Waals surface area contributed by atoms with E-state index in [4.69, 9.17) is 23.8 Å². The number of hydrogen-bond acceptors (Lipinski definition) is 6. The average molecular weight is 503 g/mol. The van der Waals surface area contributed by atoms with E-state index in [0.29, 0.717) is 24.5 Å². The fourth-order valence-electron chi connectivity index (χ4n) is 3.23. The number of amides is 1. The highest BCUT2D eigenvalue weighted by Crippen LogP contribution is 2.26. The summed E-state index contributed by atoms with van der Waals surface area (Å²) < 4.78 is 4.19. The molecule has 0 spiro atoms. The van der Waals surface area contributed by atoms with Gasteiger partial charge in [-0.1, -0.05) is 52.4 Å². The molecule has 4 rings (SSSR count). The van der Waals surface area contributed by atoms with Crippen LogP contribution < -0.4 is 10.9 Å². The second-order valence-electron chi connectivity index (χ2n) is 7.25. The van der Waals surface area contributed by atoms with Crippen LogP contribution in [0.4, 0.5) is 5.69 Å². The third kappa shape index (κ3) is 4.52. The van der Waals surface area contributed by atoms with Gasteiger partial charge in [-0.25, -0.2) is 4.98 Å². The van der Waals surface area contributed by atoms with Crippen molar-refractivity contribution in [2.45, 2.75) is 19.0 Å². The number of hydrogen-bond donors (Lipinski definition) is 1. The molecule has 1 amide bonds.